The fourth-order valence-corrected chi connectivity index (χ4v) is 10.8. The zero-order valence-electron chi connectivity index (χ0n) is 32.2. The van der Waals surface area contributed by atoms with Crippen LogP contribution in [0.2, 0.25) is 0 Å². The Balaban J connectivity index is 0.709. The van der Waals surface area contributed by atoms with Crippen molar-refractivity contribution in [3.63, 3.8) is 0 Å². The van der Waals surface area contributed by atoms with E-state index in [0.29, 0.717) is 55.4 Å². The van der Waals surface area contributed by atoms with Gasteiger partial charge in [0.05, 0.1) is 6.04 Å². The van der Waals surface area contributed by atoms with E-state index in [0.717, 1.165) is 74.0 Å². The molecule has 292 valence electrons. The highest BCUT2D eigenvalue weighted by molar-refractivity contribution is 6.05. The van der Waals surface area contributed by atoms with Gasteiger partial charge in [0.25, 0.3) is 5.91 Å². The number of rotatable bonds is 7. The number of benzene rings is 4. The van der Waals surface area contributed by atoms with E-state index in [1.54, 1.807) is 4.90 Å². The van der Waals surface area contributed by atoms with Gasteiger partial charge >= 0.3 is 0 Å². The summed E-state index contributed by atoms with van der Waals surface area (Å²) in [5.74, 6) is 0.342. The van der Waals surface area contributed by atoms with Gasteiger partial charge in [0.1, 0.15) is 11.8 Å². The van der Waals surface area contributed by atoms with Crippen molar-refractivity contribution < 1.29 is 24.3 Å². The van der Waals surface area contributed by atoms with Gasteiger partial charge in [-0.1, -0.05) is 54.6 Å². The Hall–Kier alpha value is -5.48. The highest BCUT2D eigenvalue weighted by atomic mass is 16.3. The van der Waals surface area contributed by atoms with E-state index in [4.69, 9.17) is 0 Å². The molecule has 4 heterocycles. The number of hydrogen-bond acceptors (Lipinski definition) is 7. The van der Waals surface area contributed by atoms with Crippen molar-refractivity contribution in [2.75, 3.05) is 18.4 Å². The Kier molecular flexibility index (Phi) is 9.12. The predicted octanol–water partition coefficient (Wildman–Crippen LogP) is 6.21. The van der Waals surface area contributed by atoms with Gasteiger partial charge in [-0.2, -0.15) is 0 Å². The maximum atomic E-state index is 13.8. The quantitative estimate of drug-likeness (QED) is 0.192. The van der Waals surface area contributed by atoms with Gasteiger partial charge in [-0.3, -0.25) is 29.4 Å². The van der Waals surface area contributed by atoms with Gasteiger partial charge in [-0.25, -0.2) is 0 Å². The molecule has 4 aromatic rings. The van der Waals surface area contributed by atoms with Crippen molar-refractivity contribution in [1.82, 2.24) is 20.0 Å². The molecule has 3 atom stereocenters. The Labute approximate surface area is 333 Å². The Bertz CT molecular complexity index is 2240. The first kappa shape index (κ1) is 35.9. The molecule has 4 amide bonds. The third kappa shape index (κ3) is 6.67. The molecule has 3 N–H and O–H groups in total. The average molecular weight is 764 g/mol. The minimum atomic E-state index is -0.625. The second kappa shape index (κ2) is 14.5. The van der Waals surface area contributed by atoms with E-state index >= 15 is 0 Å². The summed E-state index contributed by atoms with van der Waals surface area (Å²) in [5, 5.41) is 16.3. The molecule has 10 heteroatoms. The molecule has 2 aliphatic carbocycles. The largest absolute Gasteiger partial charge is 0.508 e. The normalized spacial score (nSPS) is 26.0. The molecule has 2 saturated heterocycles. The van der Waals surface area contributed by atoms with Crippen LogP contribution in [0.5, 0.6) is 5.75 Å². The number of carbonyl (C=O) groups is 4. The number of phenolic OH excluding ortho intramolecular Hbond substituents is 1. The van der Waals surface area contributed by atoms with Crippen LogP contribution in [0.3, 0.4) is 0 Å². The summed E-state index contributed by atoms with van der Waals surface area (Å²) in [6.07, 6.45) is 6.45. The number of nitrogens with zero attached hydrogens (tertiary/aromatic N) is 3. The van der Waals surface area contributed by atoms with Crippen LogP contribution in [-0.4, -0.2) is 74.7 Å². The van der Waals surface area contributed by atoms with Crippen molar-refractivity contribution in [3.8, 4) is 5.75 Å². The molecule has 0 aromatic heterocycles. The third-order valence-corrected chi connectivity index (χ3v) is 13.8. The summed E-state index contributed by atoms with van der Waals surface area (Å²) in [6.45, 7) is 3.43. The van der Waals surface area contributed by atoms with Gasteiger partial charge < -0.3 is 20.2 Å². The first-order valence-electron chi connectivity index (χ1n) is 20.8. The number of phenols is 1. The van der Waals surface area contributed by atoms with Crippen LogP contribution in [0.1, 0.15) is 106 Å². The molecule has 4 aliphatic heterocycles. The van der Waals surface area contributed by atoms with Crippen LogP contribution in [-0.2, 0) is 40.4 Å². The zero-order chi connectivity index (χ0) is 38.8. The van der Waals surface area contributed by atoms with Gasteiger partial charge in [0.15, 0.2) is 0 Å². The number of aromatic hydroxyl groups is 1. The molecule has 6 aliphatic rings. The maximum absolute atomic E-state index is 13.8. The minimum absolute atomic E-state index is 0.0316. The number of anilines is 1. The van der Waals surface area contributed by atoms with Gasteiger partial charge in [-0.15, -0.1) is 0 Å². The van der Waals surface area contributed by atoms with Gasteiger partial charge in [-0.05, 0) is 120 Å². The Morgan fingerprint density at radius 3 is 2.23 bits per heavy atom. The molecule has 0 spiro atoms. The minimum Gasteiger partial charge on any atom is -0.508 e. The van der Waals surface area contributed by atoms with Gasteiger partial charge in [0.2, 0.25) is 17.7 Å². The molecule has 10 rings (SSSR count). The smallest absolute Gasteiger partial charge is 0.255 e. The standard InChI is InChI=1S/C47H49N5O5/c53-38-15-17-40-31(21-38)10-16-39(28-4-2-1-3-5-28)44(40)29-6-11-35(12-7-29)48-36-26-50(27-36)37-13-8-30(9-14-37)46(56)51-23-32-20-34-25-52(42-18-19-43(54)49-45(42)55)47(57)41(34)22-33(32)24-51/h1-7,11-12,15,17,20-22,30,36-37,39,42,44,48,53H,8-10,13-14,16,18-19,23-27H2,(H,49,54,55)/t30?,37?,39-,42?,44+/m1/s1. The van der Waals surface area contributed by atoms with E-state index in [1.807, 2.05) is 29.2 Å². The summed E-state index contributed by atoms with van der Waals surface area (Å²) in [5.41, 5.74) is 9.96. The summed E-state index contributed by atoms with van der Waals surface area (Å²) in [7, 11) is 0. The summed E-state index contributed by atoms with van der Waals surface area (Å²) in [6, 6.07) is 30.0. The van der Waals surface area contributed by atoms with Crippen molar-refractivity contribution in [2.45, 2.75) is 101 Å². The zero-order valence-corrected chi connectivity index (χ0v) is 32.2. The second-order valence-corrected chi connectivity index (χ2v) is 17.2. The number of amides is 4. The molecule has 57 heavy (non-hydrogen) atoms. The SMILES string of the molecule is O=C1CCC(N2Cc3cc4c(cc3C2=O)CN(C(=O)C2CCC(N3CC(Nc5ccc([C@@H]6c7ccc(O)cc7CC[C@@H]6c6ccccc6)cc5)C3)CC2)C4)C(=O)N1. The molecule has 0 bridgehead atoms. The van der Waals surface area contributed by atoms with E-state index < -0.39 is 11.9 Å². The van der Waals surface area contributed by atoms with Crippen LogP contribution in [0.15, 0.2) is 84.9 Å². The number of hydrogen-bond donors (Lipinski definition) is 3. The number of piperidine rings is 1. The average Bonchev–Trinajstić information content (AvgIpc) is 3.77. The van der Waals surface area contributed by atoms with Crippen LogP contribution >= 0.6 is 0 Å². The lowest BCUT2D eigenvalue weighted by Crippen LogP contribution is -2.59. The van der Waals surface area contributed by atoms with Crippen LogP contribution < -0.4 is 10.6 Å². The van der Waals surface area contributed by atoms with E-state index in [-0.39, 0.29) is 36.0 Å². The van der Waals surface area contributed by atoms with Crippen molar-refractivity contribution in [3.05, 3.63) is 129 Å². The monoisotopic (exact) mass is 763 g/mol. The Morgan fingerprint density at radius 2 is 1.47 bits per heavy atom. The molecular formula is C47H49N5O5. The van der Waals surface area contributed by atoms with E-state index in [2.05, 4.69) is 76.2 Å². The lowest BCUT2D eigenvalue weighted by atomic mass is 9.69. The van der Waals surface area contributed by atoms with Crippen molar-refractivity contribution in [2.24, 2.45) is 5.92 Å². The second-order valence-electron chi connectivity index (χ2n) is 17.2. The molecule has 4 aromatic carbocycles. The van der Waals surface area contributed by atoms with Gasteiger partial charge in [0, 0.05) is 68.3 Å². The number of fused-ring (bicyclic) bond motifs is 3. The lowest BCUT2D eigenvalue weighted by Gasteiger charge is -2.47. The molecule has 0 radical (unpaired) electrons. The fraction of sp³-hybridized carbons (Fsp3) is 0.404. The third-order valence-electron chi connectivity index (χ3n) is 13.8. The first-order chi connectivity index (χ1) is 27.8. The highest BCUT2D eigenvalue weighted by Crippen LogP contribution is 2.47. The number of imide groups is 1. The predicted molar refractivity (Wildman–Crippen MR) is 215 cm³/mol. The number of likely N-dealkylation sites (tertiary alicyclic amines) is 1. The summed E-state index contributed by atoms with van der Waals surface area (Å²) >= 11 is 0. The van der Waals surface area contributed by atoms with E-state index in [1.165, 1.54) is 22.3 Å². The van der Waals surface area contributed by atoms with E-state index in [9.17, 15) is 24.3 Å². The Morgan fingerprint density at radius 1 is 0.719 bits per heavy atom. The number of carbonyl (C=O) groups excluding carboxylic acids is 4. The molecule has 1 saturated carbocycles. The van der Waals surface area contributed by atoms with Crippen molar-refractivity contribution >= 4 is 29.3 Å². The van der Waals surface area contributed by atoms with Crippen LogP contribution in [0, 0.1) is 5.92 Å². The topological polar surface area (TPSA) is 122 Å². The highest BCUT2D eigenvalue weighted by Gasteiger charge is 2.42. The number of nitrogens with one attached hydrogen (secondary N) is 2. The molecule has 1 unspecified atom stereocenters. The first-order valence-corrected chi connectivity index (χ1v) is 20.8. The molecule has 3 fully saturated rings. The number of aryl methyl sites for hydroxylation is 1. The van der Waals surface area contributed by atoms with Crippen LogP contribution in [0.25, 0.3) is 0 Å². The molecular weight excluding hydrogens is 715 g/mol. The lowest BCUT2D eigenvalue weighted by molar-refractivity contribution is -0.138. The fourth-order valence-electron chi connectivity index (χ4n) is 10.8. The summed E-state index contributed by atoms with van der Waals surface area (Å²) in [4.78, 5) is 57.3. The summed E-state index contributed by atoms with van der Waals surface area (Å²) < 4.78 is 0. The maximum Gasteiger partial charge on any atom is 0.255 e. The van der Waals surface area contributed by atoms with Crippen molar-refractivity contribution in [1.29, 1.82) is 0 Å². The molecule has 10 nitrogen and oxygen atoms in total. The van der Waals surface area contributed by atoms with Crippen LogP contribution in [0.4, 0.5) is 5.69 Å².